The topological polar surface area (TPSA) is 42.0 Å². The van der Waals surface area contributed by atoms with Crippen LogP contribution in [-0.2, 0) is 17.9 Å². The van der Waals surface area contributed by atoms with E-state index in [-0.39, 0.29) is 12.7 Å². The Kier molecular flexibility index (Phi) is 5.47. The Morgan fingerprint density at radius 1 is 0.964 bits per heavy atom. The molecule has 0 spiro atoms. The van der Waals surface area contributed by atoms with E-state index in [1.807, 2.05) is 11.0 Å². The number of hydrogen-bond donors (Lipinski definition) is 0. The van der Waals surface area contributed by atoms with Crippen LogP contribution >= 0.6 is 11.6 Å². The first kappa shape index (κ1) is 19.1. The quantitative estimate of drug-likeness (QED) is 0.780. The van der Waals surface area contributed by atoms with Gasteiger partial charge < -0.3 is 14.4 Å². The van der Waals surface area contributed by atoms with Crippen molar-refractivity contribution < 1.29 is 14.3 Å². The van der Waals surface area contributed by atoms with E-state index >= 15 is 0 Å². The minimum Gasteiger partial charge on any atom is -0.454 e. The summed E-state index contributed by atoms with van der Waals surface area (Å²) in [6.07, 6.45) is 0.521. The number of carbonyl (C=O) groups is 1. The summed E-state index contributed by atoms with van der Waals surface area (Å²) in [7, 11) is 0. The molecule has 0 aliphatic carbocycles. The lowest BCUT2D eigenvalue weighted by Gasteiger charge is -2.23. The first-order valence-corrected chi connectivity index (χ1v) is 10.0. The highest BCUT2D eigenvalue weighted by Gasteiger charge is 2.24. The van der Waals surface area contributed by atoms with Crippen LogP contribution in [0.4, 0.5) is 0 Å². The van der Waals surface area contributed by atoms with E-state index in [2.05, 4.69) is 36.9 Å². The lowest BCUT2D eigenvalue weighted by atomic mass is 10.1. The Morgan fingerprint density at radius 2 is 1.75 bits per heavy atom. The van der Waals surface area contributed by atoms with E-state index in [0.29, 0.717) is 36.0 Å². The maximum absolute atomic E-state index is 12.7. The van der Waals surface area contributed by atoms with Gasteiger partial charge in [-0.25, -0.2) is 0 Å². The first-order chi connectivity index (χ1) is 13.5. The van der Waals surface area contributed by atoms with Crippen LogP contribution in [0.5, 0.6) is 11.5 Å². The zero-order valence-corrected chi connectivity index (χ0v) is 17.1. The SMILES string of the molecule is Cc1ccc(C)c(CN2CCC(=O)N(Cc3cc4c(cc3Cl)OCO4)CC2)c1. The highest BCUT2D eigenvalue weighted by Crippen LogP contribution is 2.37. The van der Waals surface area contributed by atoms with Crippen molar-refractivity contribution in [1.29, 1.82) is 0 Å². The molecule has 0 bridgehead atoms. The monoisotopic (exact) mass is 400 g/mol. The molecule has 1 amide bonds. The fourth-order valence-corrected chi connectivity index (χ4v) is 3.95. The number of halogens is 1. The van der Waals surface area contributed by atoms with Gasteiger partial charge in [0.25, 0.3) is 0 Å². The maximum Gasteiger partial charge on any atom is 0.231 e. The average molecular weight is 401 g/mol. The third-order valence-corrected chi connectivity index (χ3v) is 5.83. The van der Waals surface area contributed by atoms with Gasteiger partial charge in [-0.2, -0.15) is 0 Å². The molecule has 2 aromatic rings. The molecule has 4 rings (SSSR count). The van der Waals surface area contributed by atoms with Crippen molar-refractivity contribution in [2.24, 2.45) is 0 Å². The summed E-state index contributed by atoms with van der Waals surface area (Å²) in [6, 6.07) is 10.2. The summed E-state index contributed by atoms with van der Waals surface area (Å²) in [6.45, 7) is 8.15. The summed E-state index contributed by atoms with van der Waals surface area (Å²) in [4.78, 5) is 16.9. The molecule has 0 aromatic heterocycles. The molecule has 148 valence electrons. The normalized spacial score (nSPS) is 17.1. The molecule has 2 aromatic carbocycles. The van der Waals surface area contributed by atoms with Crippen molar-refractivity contribution in [2.75, 3.05) is 26.4 Å². The molecule has 1 fully saturated rings. The van der Waals surface area contributed by atoms with E-state index in [1.54, 1.807) is 6.07 Å². The lowest BCUT2D eigenvalue weighted by molar-refractivity contribution is -0.130. The summed E-state index contributed by atoms with van der Waals surface area (Å²) in [5.41, 5.74) is 4.79. The molecular formula is C22H25ClN2O3. The molecule has 0 atom stereocenters. The highest BCUT2D eigenvalue weighted by molar-refractivity contribution is 6.31. The number of fused-ring (bicyclic) bond motifs is 1. The molecule has 2 aliphatic rings. The molecule has 0 N–H and O–H groups in total. The van der Waals surface area contributed by atoms with Crippen LogP contribution in [0.1, 0.15) is 28.7 Å². The van der Waals surface area contributed by atoms with E-state index in [4.69, 9.17) is 21.1 Å². The van der Waals surface area contributed by atoms with Crippen molar-refractivity contribution in [1.82, 2.24) is 9.80 Å². The average Bonchev–Trinajstić information content (AvgIpc) is 3.04. The Hall–Kier alpha value is -2.24. The fraction of sp³-hybridized carbons (Fsp3) is 0.409. The van der Waals surface area contributed by atoms with Crippen LogP contribution in [0.25, 0.3) is 0 Å². The Morgan fingerprint density at radius 3 is 2.57 bits per heavy atom. The number of amides is 1. The smallest absolute Gasteiger partial charge is 0.231 e. The molecule has 0 saturated carbocycles. The van der Waals surface area contributed by atoms with Gasteiger partial charge in [-0.15, -0.1) is 0 Å². The van der Waals surface area contributed by atoms with Gasteiger partial charge in [0.05, 0.1) is 0 Å². The lowest BCUT2D eigenvalue weighted by Crippen LogP contribution is -2.32. The highest BCUT2D eigenvalue weighted by atomic mass is 35.5. The van der Waals surface area contributed by atoms with Crippen molar-refractivity contribution in [3.8, 4) is 11.5 Å². The fourth-order valence-electron chi connectivity index (χ4n) is 3.73. The van der Waals surface area contributed by atoms with Crippen LogP contribution < -0.4 is 9.47 Å². The van der Waals surface area contributed by atoms with Crippen molar-refractivity contribution >= 4 is 17.5 Å². The third-order valence-electron chi connectivity index (χ3n) is 5.48. The van der Waals surface area contributed by atoms with Crippen LogP contribution in [0.3, 0.4) is 0 Å². The van der Waals surface area contributed by atoms with Crippen LogP contribution in [-0.4, -0.2) is 42.1 Å². The van der Waals surface area contributed by atoms with Gasteiger partial charge in [0.15, 0.2) is 11.5 Å². The predicted molar refractivity (Wildman–Crippen MR) is 109 cm³/mol. The van der Waals surface area contributed by atoms with Gasteiger partial charge in [-0.05, 0) is 36.6 Å². The summed E-state index contributed by atoms with van der Waals surface area (Å²) in [5, 5.41) is 0.605. The van der Waals surface area contributed by atoms with E-state index in [0.717, 1.165) is 25.2 Å². The summed E-state index contributed by atoms with van der Waals surface area (Å²) in [5.74, 6) is 1.52. The number of hydrogen-bond acceptors (Lipinski definition) is 4. The predicted octanol–water partition coefficient (Wildman–Crippen LogP) is 3.92. The minimum atomic E-state index is 0.164. The molecule has 28 heavy (non-hydrogen) atoms. The maximum atomic E-state index is 12.7. The second-order valence-corrected chi connectivity index (χ2v) is 7.98. The standard InChI is InChI=1S/C22H25ClN2O3/c1-15-3-4-16(2)17(9-15)12-24-6-5-22(26)25(8-7-24)13-18-10-20-21(11-19(18)23)28-14-27-20/h3-4,9-11H,5-8,12-14H2,1-2H3. The molecule has 2 aliphatic heterocycles. The first-order valence-electron chi connectivity index (χ1n) is 9.64. The number of aryl methyl sites for hydroxylation is 2. The second-order valence-electron chi connectivity index (χ2n) is 7.57. The van der Waals surface area contributed by atoms with Crippen molar-refractivity contribution in [2.45, 2.75) is 33.4 Å². The molecule has 5 nitrogen and oxygen atoms in total. The molecule has 0 radical (unpaired) electrons. The Balaban J connectivity index is 1.43. The molecule has 6 heteroatoms. The Bertz CT molecular complexity index is 900. The number of rotatable bonds is 4. The molecule has 0 unspecified atom stereocenters. The zero-order valence-electron chi connectivity index (χ0n) is 16.3. The minimum absolute atomic E-state index is 0.164. The second kappa shape index (κ2) is 8.02. The molecule has 1 saturated heterocycles. The van der Waals surface area contributed by atoms with Crippen LogP contribution in [0.15, 0.2) is 30.3 Å². The largest absolute Gasteiger partial charge is 0.454 e. The van der Waals surface area contributed by atoms with Gasteiger partial charge >= 0.3 is 0 Å². The van der Waals surface area contributed by atoms with Gasteiger partial charge in [-0.3, -0.25) is 9.69 Å². The summed E-state index contributed by atoms with van der Waals surface area (Å²) >= 11 is 6.40. The van der Waals surface area contributed by atoms with Crippen LogP contribution in [0, 0.1) is 13.8 Å². The number of carbonyl (C=O) groups excluding carboxylic acids is 1. The number of ether oxygens (including phenoxy) is 2. The zero-order chi connectivity index (χ0) is 19.7. The van der Waals surface area contributed by atoms with Gasteiger partial charge in [0, 0.05) is 50.2 Å². The van der Waals surface area contributed by atoms with Gasteiger partial charge in [0.1, 0.15) is 0 Å². The van der Waals surface area contributed by atoms with Crippen molar-refractivity contribution in [3.05, 3.63) is 57.6 Å². The summed E-state index contributed by atoms with van der Waals surface area (Å²) < 4.78 is 10.8. The van der Waals surface area contributed by atoms with Crippen LogP contribution in [0.2, 0.25) is 5.02 Å². The van der Waals surface area contributed by atoms with Gasteiger partial charge in [-0.1, -0.05) is 35.4 Å². The van der Waals surface area contributed by atoms with Crippen molar-refractivity contribution in [3.63, 3.8) is 0 Å². The van der Waals surface area contributed by atoms with E-state index in [9.17, 15) is 4.79 Å². The van der Waals surface area contributed by atoms with Gasteiger partial charge in [0.2, 0.25) is 12.7 Å². The number of benzene rings is 2. The molecule has 2 heterocycles. The number of nitrogens with zero attached hydrogens (tertiary/aromatic N) is 2. The van der Waals surface area contributed by atoms with E-state index < -0.39 is 0 Å². The Labute approximate surface area is 170 Å². The third kappa shape index (κ3) is 4.10. The van der Waals surface area contributed by atoms with E-state index in [1.165, 1.54) is 16.7 Å². The molecular weight excluding hydrogens is 376 g/mol.